The average Bonchev–Trinajstić information content (AvgIpc) is 3.34. The van der Waals surface area contributed by atoms with Gasteiger partial charge in [-0.25, -0.2) is 4.98 Å². The van der Waals surface area contributed by atoms with Crippen molar-refractivity contribution in [3.63, 3.8) is 0 Å². The van der Waals surface area contributed by atoms with E-state index in [2.05, 4.69) is 25.8 Å². The summed E-state index contributed by atoms with van der Waals surface area (Å²) >= 11 is 3.78. The van der Waals surface area contributed by atoms with Crippen LogP contribution < -0.4 is 20.1 Å². The third kappa shape index (κ3) is 5.89. The molecular formula is C17H17N5O4S3. The van der Waals surface area contributed by atoms with Gasteiger partial charge in [-0.1, -0.05) is 23.1 Å². The molecule has 0 unspecified atom stereocenters. The van der Waals surface area contributed by atoms with E-state index in [1.807, 2.05) is 12.3 Å². The number of carbonyl (C=O) groups excluding carboxylic acids is 2. The Morgan fingerprint density at radius 1 is 1.07 bits per heavy atom. The van der Waals surface area contributed by atoms with Gasteiger partial charge in [0.05, 0.1) is 25.7 Å². The Morgan fingerprint density at radius 3 is 2.41 bits per heavy atom. The number of aryl methyl sites for hydroxylation is 1. The maximum atomic E-state index is 12.5. The topological polar surface area (TPSA) is 115 Å². The number of nitrogens with one attached hydrogen (secondary N) is 2. The Balaban J connectivity index is 1.56. The molecule has 29 heavy (non-hydrogen) atoms. The van der Waals surface area contributed by atoms with E-state index in [1.165, 1.54) is 48.7 Å². The van der Waals surface area contributed by atoms with Crippen molar-refractivity contribution in [1.29, 1.82) is 0 Å². The SMILES string of the molecule is COc1cc(OC)cc(C(=O)Nc2nnc(SCC(=O)Nc3nc(C)cs3)s2)c1. The van der Waals surface area contributed by atoms with Gasteiger partial charge in [-0.15, -0.1) is 21.5 Å². The summed E-state index contributed by atoms with van der Waals surface area (Å²) in [5, 5.41) is 16.1. The van der Waals surface area contributed by atoms with Crippen LogP contribution in [-0.2, 0) is 4.79 Å². The van der Waals surface area contributed by atoms with Crippen molar-refractivity contribution >= 4 is 56.5 Å². The molecule has 0 saturated heterocycles. The van der Waals surface area contributed by atoms with Gasteiger partial charge in [0, 0.05) is 17.0 Å². The highest BCUT2D eigenvalue weighted by molar-refractivity contribution is 8.01. The first kappa shape index (κ1) is 21.0. The van der Waals surface area contributed by atoms with Gasteiger partial charge in [0.15, 0.2) is 9.47 Å². The number of nitrogens with zero attached hydrogens (tertiary/aromatic N) is 3. The molecule has 0 spiro atoms. The second-order valence-corrected chi connectivity index (χ2v) is 8.62. The van der Waals surface area contributed by atoms with Crippen molar-refractivity contribution in [3.05, 3.63) is 34.8 Å². The first-order valence-electron chi connectivity index (χ1n) is 8.19. The summed E-state index contributed by atoms with van der Waals surface area (Å²) in [6.45, 7) is 1.86. The van der Waals surface area contributed by atoms with Crippen LogP contribution in [0, 0.1) is 6.92 Å². The summed E-state index contributed by atoms with van der Waals surface area (Å²) in [7, 11) is 3.02. The van der Waals surface area contributed by atoms with E-state index in [0.717, 1.165) is 5.69 Å². The van der Waals surface area contributed by atoms with Crippen LogP contribution in [0.2, 0.25) is 0 Å². The van der Waals surface area contributed by atoms with E-state index in [1.54, 1.807) is 18.2 Å². The number of thiazole rings is 1. The van der Waals surface area contributed by atoms with Gasteiger partial charge in [-0.2, -0.15) is 0 Å². The van der Waals surface area contributed by atoms with Gasteiger partial charge in [0.2, 0.25) is 11.0 Å². The van der Waals surface area contributed by atoms with E-state index < -0.39 is 0 Å². The molecule has 152 valence electrons. The van der Waals surface area contributed by atoms with Crippen molar-refractivity contribution < 1.29 is 19.1 Å². The Morgan fingerprint density at radius 2 is 1.79 bits per heavy atom. The van der Waals surface area contributed by atoms with Crippen LogP contribution in [0.4, 0.5) is 10.3 Å². The van der Waals surface area contributed by atoms with Crippen molar-refractivity contribution in [3.8, 4) is 11.5 Å². The van der Waals surface area contributed by atoms with E-state index >= 15 is 0 Å². The minimum atomic E-state index is -0.369. The molecule has 9 nitrogen and oxygen atoms in total. The predicted octanol–water partition coefficient (Wildman–Crippen LogP) is 3.30. The summed E-state index contributed by atoms with van der Waals surface area (Å²) in [4.78, 5) is 28.6. The Hall–Kier alpha value is -2.70. The van der Waals surface area contributed by atoms with E-state index in [0.29, 0.717) is 31.7 Å². The number of benzene rings is 1. The fourth-order valence-corrected chi connectivity index (χ4v) is 4.37. The molecule has 2 heterocycles. The number of methoxy groups -OCH3 is 2. The lowest BCUT2D eigenvalue weighted by atomic mass is 10.2. The lowest BCUT2D eigenvalue weighted by Gasteiger charge is -2.07. The molecule has 0 fully saturated rings. The maximum absolute atomic E-state index is 12.5. The highest BCUT2D eigenvalue weighted by Crippen LogP contribution is 2.27. The first-order chi connectivity index (χ1) is 14.0. The number of aromatic nitrogens is 3. The molecule has 2 N–H and O–H groups in total. The number of anilines is 2. The minimum Gasteiger partial charge on any atom is -0.497 e. The number of hydrogen-bond donors (Lipinski definition) is 2. The predicted molar refractivity (Wildman–Crippen MR) is 114 cm³/mol. The van der Waals surface area contributed by atoms with E-state index in [4.69, 9.17) is 9.47 Å². The summed E-state index contributed by atoms with van der Waals surface area (Å²) in [5.41, 5.74) is 1.22. The molecule has 0 bridgehead atoms. The van der Waals surface area contributed by atoms with E-state index in [9.17, 15) is 9.59 Å². The molecule has 12 heteroatoms. The largest absolute Gasteiger partial charge is 0.497 e. The normalized spacial score (nSPS) is 10.4. The highest BCUT2D eigenvalue weighted by Gasteiger charge is 2.14. The van der Waals surface area contributed by atoms with Crippen LogP contribution in [0.5, 0.6) is 11.5 Å². The van der Waals surface area contributed by atoms with Crippen LogP contribution in [0.1, 0.15) is 16.1 Å². The van der Waals surface area contributed by atoms with Crippen LogP contribution in [0.3, 0.4) is 0 Å². The van der Waals surface area contributed by atoms with Gasteiger partial charge in [-0.3, -0.25) is 14.9 Å². The molecule has 0 radical (unpaired) electrons. The molecule has 0 saturated carbocycles. The van der Waals surface area contributed by atoms with Crippen LogP contribution in [0.15, 0.2) is 27.9 Å². The van der Waals surface area contributed by atoms with Crippen molar-refractivity contribution in [1.82, 2.24) is 15.2 Å². The zero-order valence-corrected chi connectivity index (χ0v) is 18.2. The summed E-state index contributed by atoms with van der Waals surface area (Å²) in [6.07, 6.45) is 0. The van der Waals surface area contributed by atoms with Gasteiger partial charge in [-0.05, 0) is 19.1 Å². The zero-order valence-electron chi connectivity index (χ0n) is 15.7. The third-order valence-corrected chi connectivity index (χ3v) is 6.28. The summed E-state index contributed by atoms with van der Waals surface area (Å²) < 4.78 is 10.9. The summed E-state index contributed by atoms with van der Waals surface area (Å²) in [5.74, 6) is 0.614. The molecular weight excluding hydrogens is 434 g/mol. The Bertz CT molecular complexity index is 998. The van der Waals surface area contributed by atoms with Gasteiger partial charge < -0.3 is 14.8 Å². The zero-order chi connectivity index (χ0) is 20.8. The van der Waals surface area contributed by atoms with Crippen LogP contribution in [-0.4, -0.2) is 47.0 Å². The van der Waals surface area contributed by atoms with Gasteiger partial charge in [0.25, 0.3) is 5.91 Å². The number of ether oxygens (including phenoxy) is 2. The molecule has 3 aromatic rings. The maximum Gasteiger partial charge on any atom is 0.257 e. The van der Waals surface area contributed by atoms with Crippen molar-refractivity contribution in [2.45, 2.75) is 11.3 Å². The lowest BCUT2D eigenvalue weighted by molar-refractivity contribution is -0.113. The van der Waals surface area contributed by atoms with Gasteiger partial charge in [0.1, 0.15) is 11.5 Å². The van der Waals surface area contributed by atoms with E-state index in [-0.39, 0.29) is 17.6 Å². The van der Waals surface area contributed by atoms with Crippen LogP contribution >= 0.6 is 34.4 Å². The highest BCUT2D eigenvalue weighted by atomic mass is 32.2. The standard InChI is InChI=1S/C17H17N5O4S3/c1-9-7-27-15(18-9)19-13(23)8-28-17-22-21-16(29-17)20-14(24)10-4-11(25-2)6-12(5-10)26-3/h4-7H,8H2,1-3H3,(H,18,19,23)(H,20,21,24). The Kier molecular flexibility index (Phi) is 7.01. The molecule has 3 rings (SSSR count). The molecule has 2 amide bonds. The second kappa shape index (κ2) is 9.67. The first-order valence-corrected chi connectivity index (χ1v) is 10.9. The number of thioether (sulfide) groups is 1. The fraction of sp³-hybridized carbons (Fsp3) is 0.235. The molecule has 0 aliphatic carbocycles. The molecule has 2 aromatic heterocycles. The number of carbonyl (C=O) groups is 2. The quantitative estimate of drug-likeness (QED) is 0.396. The van der Waals surface area contributed by atoms with Crippen molar-refractivity contribution in [2.75, 3.05) is 30.6 Å². The fourth-order valence-electron chi connectivity index (χ4n) is 2.12. The molecule has 0 aliphatic rings. The smallest absolute Gasteiger partial charge is 0.257 e. The number of rotatable bonds is 8. The average molecular weight is 452 g/mol. The monoisotopic (exact) mass is 451 g/mol. The summed E-state index contributed by atoms with van der Waals surface area (Å²) in [6, 6.07) is 4.87. The minimum absolute atomic E-state index is 0.161. The Labute approximate surface area is 178 Å². The number of amides is 2. The van der Waals surface area contributed by atoms with Crippen LogP contribution in [0.25, 0.3) is 0 Å². The molecule has 0 aliphatic heterocycles. The third-order valence-electron chi connectivity index (χ3n) is 3.43. The van der Waals surface area contributed by atoms with Crippen molar-refractivity contribution in [2.24, 2.45) is 0 Å². The number of hydrogen-bond acceptors (Lipinski definition) is 10. The second-order valence-electron chi connectivity index (χ2n) is 5.56. The molecule has 1 aromatic carbocycles. The molecule has 0 atom stereocenters. The van der Waals surface area contributed by atoms with Gasteiger partial charge >= 0.3 is 0 Å². The lowest BCUT2D eigenvalue weighted by Crippen LogP contribution is -2.13.